The Morgan fingerprint density at radius 1 is 1.00 bits per heavy atom. The van der Waals surface area contributed by atoms with Gasteiger partial charge in [-0.05, 0) is 44.1 Å². The quantitative estimate of drug-likeness (QED) is 0.469. The van der Waals surface area contributed by atoms with Gasteiger partial charge >= 0.3 is 11.9 Å². The van der Waals surface area contributed by atoms with E-state index in [-0.39, 0.29) is 17.1 Å². The molecule has 24 heavy (non-hydrogen) atoms. The molecule has 1 saturated heterocycles. The fourth-order valence-corrected chi connectivity index (χ4v) is 2.75. The number of carbonyl (C=O) groups is 2. The van der Waals surface area contributed by atoms with Crippen molar-refractivity contribution in [3.8, 4) is 0 Å². The zero-order valence-electron chi connectivity index (χ0n) is 15.1. The predicted octanol–water partition coefficient (Wildman–Crippen LogP) is 2.64. The molecule has 1 unspecified atom stereocenters. The van der Waals surface area contributed by atoms with Crippen LogP contribution in [0.25, 0.3) is 0 Å². The SMILES string of the molecule is CC(C)C(C)C/C(C(=O)O)=C(/CCCCN1CCOCC1)C(=O)O. The van der Waals surface area contributed by atoms with Gasteiger partial charge in [0, 0.05) is 24.2 Å². The zero-order chi connectivity index (χ0) is 18.1. The molecule has 1 aliphatic heterocycles. The molecule has 0 aromatic heterocycles. The first-order chi connectivity index (χ1) is 11.3. The summed E-state index contributed by atoms with van der Waals surface area (Å²) in [6, 6.07) is 0. The van der Waals surface area contributed by atoms with E-state index < -0.39 is 11.9 Å². The van der Waals surface area contributed by atoms with Crippen LogP contribution in [0, 0.1) is 11.8 Å². The molecule has 0 aromatic rings. The second-order valence-electron chi connectivity index (χ2n) is 6.90. The van der Waals surface area contributed by atoms with E-state index in [2.05, 4.69) is 4.90 Å². The molecule has 138 valence electrons. The fraction of sp³-hybridized carbons (Fsp3) is 0.778. The Balaban J connectivity index is 2.63. The average Bonchev–Trinajstić information content (AvgIpc) is 2.53. The van der Waals surface area contributed by atoms with Gasteiger partial charge in [0.1, 0.15) is 0 Å². The summed E-state index contributed by atoms with van der Waals surface area (Å²) in [6.07, 6.45) is 2.17. The summed E-state index contributed by atoms with van der Waals surface area (Å²) in [5.74, 6) is -1.75. The minimum atomic E-state index is -1.10. The Morgan fingerprint density at radius 3 is 2.08 bits per heavy atom. The number of nitrogens with zero attached hydrogens (tertiary/aromatic N) is 1. The third kappa shape index (κ3) is 7.01. The lowest BCUT2D eigenvalue weighted by Gasteiger charge is -2.26. The smallest absolute Gasteiger partial charge is 0.332 e. The molecule has 1 aliphatic rings. The van der Waals surface area contributed by atoms with Crippen molar-refractivity contribution in [1.82, 2.24) is 4.90 Å². The van der Waals surface area contributed by atoms with Crippen LogP contribution in [0.15, 0.2) is 11.1 Å². The number of hydrogen-bond donors (Lipinski definition) is 2. The highest BCUT2D eigenvalue weighted by Crippen LogP contribution is 2.24. The number of hydrogen-bond acceptors (Lipinski definition) is 4. The van der Waals surface area contributed by atoms with Crippen LogP contribution < -0.4 is 0 Å². The lowest BCUT2D eigenvalue weighted by atomic mass is 9.88. The van der Waals surface area contributed by atoms with Gasteiger partial charge in [-0.1, -0.05) is 20.8 Å². The number of ether oxygens (including phenoxy) is 1. The second kappa shape index (κ2) is 10.5. The van der Waals surface area contributed by atoms with Crippen molar-refractivity contribution in [3.05, 3.63) is 11.1 Å². The molecular weight excluding hydrogens is 310 g/mol. The lowest BCUT2D eigenvalue weighted by molar-refractivity contribution is -0.136. The van der Waals surface area contributed by atoms with Crippen LogP contribution >= 0.6 is 0 Å². The zero-order valence-corrected chi connectivity index (χ0v) is 15.1. The summed E-state index contributed by atoms with van der Waals surface area (Å²) in [6.45, 7) is 10.2. The number of carboxylic acid groups (broad SMARTS) is 2. The van der Waals surface area contributed by atoms with Gasteiger partial charge in [0.25, 0.3) is 0 Å². The highest BCUT2D eigenvalue weighted by molar-refractivity contribution is 5.98. The first-order valence-electron chi connectivity index (χ1n) is 8.81. The maximum atomic E-state index is 11.5. The van der Waals surface area contributed by atoms with Gasteiger partial charge < -0.3 is 14.9 Å². The van der Waals surface area contributed by atoms with Crippen LogP contribution in [0.5, 0.6) is 0 Å². The van der Waals surface area contributed by atoms with Crippen LogP contribution in [0.2, 0.25) is 0 Å². The third-order valence-electron chi connectivity index (χ3n) is 4.80. The summed E-state index contributed by atoms with van der Waals surface area (Å²) in [5, 5.41) is 18.9. The van der Waals surface area contributed by atoms with Crippen molar-refractivity contribution in [2.75, 3.05) is 32.8 Å². The summed E-state index contributed by atoms with van der Waals surface area (Å²) in [5.41, 5.74) is 0.132. The van der Waals surface area contributed by atoms with Crippen LogP contribution in [0.3, 0.4) is 0 Å². The van der Waals surface area contributed by atoms with Gasteiger partial charge in [-0.3, -0.25) is 4.90 Å². The van der Waals surface area contributed by atoms with E-state index in [1.54, 1.807) is 0 Å². The molecular formula is C18H31NO5. The van der Waals surface area contributed by atoms with E-state index in [0.717, 1.165) is 39.3 Å². The molecule has 0 radical (unpaired) electrons. The Morgan fingerprint density at radius 2 is 1.58 bits per heavy atom. The van der Waals surface area contributed by atoms with E-state index >= 15 is 0 Å². The van der Waals surface area contributed by atoms with Crippen LogP contribution in [-0.4, -0.2) is 59.9 Å². The van der Waals surface area contributed by atoms with Crippen molar-refractivity contribution in [2.45, 2.75) is 46.5 Å². The molecule has 1 heterocycles. The maximum Gasteiger partial charge on any atom is 0.332 e. The van der Waals surface area contributed by atoms with E-state index in [9.17, 15) is 19.8 Å². The summed E-state index contributed by atoms with van der Waals surface area (Å²) >= 11 is 0. The maximum absolute atomic E-state index is 11.5. The largest absolute Gasteiger partial charge is 0.478 e. The van der Waals surface area contributed by atoms with Gasteiger partial charge in [0.15, 0.2) is 0 Å². The molecule has 0 spiro atoms. The van der Waals surface area contributed by atoms with Crippen molar-refractivity contribution < 1.29 is 24.5 Å². The van der Waals surface area contributed by atoms with Gasteiger partial charge in [0.2, 0.25) is 0 Å². The number of carboxylic acids is 2. The standard InChI is InChI=1S/C18H31NO5/c1-13(2)14(3)12-16(18(22)23)15(17(20)21)6-4-5-7-19-8-10-24-11-9-19/h13-14H,4-12H2,1-3H3,(H,20,21)(H,22,23)/b16-15+. The molecule has 0 amide bonds. The van der Waals surface area contributed by atoms with Crippen molar-refractivity contribution in [1.29, 1.82) is 0 Å². The Bertz CT molecular complexity index is 452. The Kier molecular flexibility index (Phi) is 9.00. The summed E-state index contributed by atoms with van der Waals surface area (Å²) in [4.78, 5) is 25.4. The minimum Gasteiger partial charge on any atom is -0.478 e. The molecule has 1 fully saturated rings. The molecule has 6 nitrogen and oxygen atoms in total. The predicted molar refractivity (Wildman–Crippen MR) is 92.0 cm³/mol. The van der Waals surface area contributed by atoms with Crippen LogP contribution in [0.4, 0.5) is 0 Å². The number of unbranched alkanes of at least 4 members (excludes halogenated alkanes) is 1. The molecule has 0 saturated carbocycles. The summed E-state index contributed by atoms with van der Waals surface area (Å²) in [7, 11) is 0. The number of aliphatic carboxylic acids is 2. The van der Waals surface area contributed by atoms with E-state index in [0.29, 0.717) is 25.2 Å². The molecule has 0 aliphatic carbocycles. The van der Waals surface area contributed by atoms with Crippen LogP contribution in [-0.2, 0) is 14.3 Å². The average molecular weight is 341 g/mol. The molecule has 0 aromatic carbocycles. The monoisotopic (exact) mass is 341 g/mol. The van der Waals surface area contributed by atoms with Crippen molar-refractivity contribution in [3.63, 3.8) is 0 Å². The fourth-order valence-electron chi connectivity index (χ4n) is 2.75. The Hall–Kier alpha value is -1.40. The van der Waals surface area contributed by atoms with Gasteiger partial charge in [-0.2, -0.15) is 0 Å². The molecule has 1 rings (SSSR count). The summed E-state index contributed by atoms with van der Waals surface area (Å²) < 4.78 is 5.30. The normalized spacial score (nSPS) is 18.3. The first-order valence-corrected chi connectivity index (χ1v) is 8.81. The van der Waals surface area contributed by atoms with Gasteiger partial charge in [0.05, 0.1) is 13.2 Å². The molecule has 0 bridgehead atoms. The van der Waals surface area contributed by atoms with E-state index in [4.69, 9.17) is 4.74 Å². The van der Waals surface area contributed by atoms with Crippen molar-refractivity contribution in [2.24, 2.45) is 11.8 Å². The Labute approximate surface area is 144 Å². The number of morpholine rings is 1. The topological polar surface area (TPSA) is 87.1 Å². The van der Waals surface area contributed by atoms with Gasteiger partial charge in [-0.15, -0.1) is 0 Å². The molecule has 2 N–H and O–H groups in total. The lowest BCUT2D eigenvalue weighted by Crippen LogP contribution is -2.36. The van der Waals surface area contributed by atoms with E-state index in [1.165, 1.54) is 0 Å². The highest BCUT2D eigenvalue weighted by atomic mass is 16.5. The van der Waals surface area contributed by atoms with Gasteiger partial charge in [-0.25, -0.2) is 9.59 Å². The van der Waals surface area contributed by atoms with E-state index in [1.807, 2.05) is 20.8 Å². The van der Waals surface area contributed by atoms with Crippen LogP contribution in [0.1, 0.15) is 46.5 Å². The van der Waals surface area contributed by atoms with Crippen molar-refractivity contribution >= 4 is 11.9 Å². The minimum absolute atomic E-state index is 0.0649. The molecule has 6 heteroatoms. The molecule has 1 atom stereocenters. The highest BCUT2D eigenvalue weighted by Gasteiger charge is 2.23. The number of rotatable bonds is 10. The second-order valence-corrected chi connectivity index (χ2v) is 6.90. The first kappa shape index (κ1) is 20.6. The third-order valence-corrected chi connectivity index (χ3v) is 4.80.